The zero-order valence-corrected chi connectivity index (χ0v) is 24.8. The van der Waals surface area contributed by atoms with Crippen molar-refractivity contribution in [3.8, 4) is 34.5 Å². The second-order valence-corrected chi connectivity index (χ2v) is 10.4. The Morgan fingerprint density at radius 2 is 1.50 bits per heavy atom. The van der Waals surface area contributed by atoms with Crippen molar-refractivity contribution in [3.63, 3.8) is 0 Å². The third kappa shape index (κ3) is 5.88. The van der Waals surface area contributed by atoms with Gasteiger partial charge in [0, 0.05) is 18.2 Å². The number of nitrogens with zero attached hydrogens (tertiary/aromatic N) is 1. The minimum atomic E-state index is -0.171. The van der Waals surface area contributed by atoms with E-state index in [1.165, 1.54) is 0 Å². The van der Waals surface area contributed by atoms with Crippen LogP contribution in [0.4, 0.5) is 0 Å². The summed E-state index contributed by atoms with van der Waals surface area (Å²) in [6.45, 7) is 11.1. The molecule has 0 radical (unpaired) electrons. The predicted octanol–water partition coefficient (Wildman–Crippen LogP) is 6.65. The number of methoxy groups -OCH3 is 2. The van der Waals surface area contributed by atoms with Crippen LogP contribution in [-0.2, 0) is 0 Å². The molecular formula is C34H37NO7. The van der Waals surface area contributed by atoms with Crippen LogP contribution in [0, 0.1) is 20.8 Å². The summed E-state index contributed by atoms with van der Waals surface area (Å²) in [7, 11) is 3.21. The molecule has 2 aliphatic heterocycles. The van der Waals surface area contributed by atoms with Crippen LogP contribution in [-0.4, -0.2) is 51.1 Å². The van der Waals surface area contributed by atoms with Crippen LogP contribution < -0.4 is 28.4 Å². The van der Waals surface area contributed by atoms with Crippen molar-refractivity contribution in [1.82, 2.24) is 4.90 Å². The van der Waals surface area contributed by atoms with Crippen molar-refractivity contribution in [2.75, 3.05) is 34.2 Å². The molecule has 1 atom stereocenters. The molecule has 0 aromatic heterocycles. The smallest absolute Gasteiger partial charge is 0.258 e. The first-order valence-corrected chi connectivity index (χ1v) is 14.0. The van der Waals surface area contributed by atoms with Crippen molar-refractivity contribution in [2.24, 2.45) is 0 Å². The molecule has 1 amide bonds. The number of aryl methyl sites for hydroxylation is 3. The molecule has 3 aromatic carbocycles. The summed E-state index contributed by atoms with van der Waals surface area (Å²) >= 11 is 0. The molecule has 0 bridgehead atoms. The first kappa shape index (κ1) is 28.9. The number of hydrogen-bond acceptors (Lipinski definition) is 7. The molecule has 0 aliphatic carbocycles. The lowest BCUT2D eigenvalue weighted by atomic mass is 10.0. The minimum absolute atomic E-state index is 0.131. The molecule has 0 saturated heterocycles. The number of benzene rings is 3. The number of ether oxygens (including phenoxy) is 6. The molecule has 3 aromatic rings. The molecule has 0 spiro atoms. The molecule has 8 nitrogen and oxygen atoms in total. The Labute approximate surface area is 247 Å². The highest BCUT2D eigenvalue weighted by Gasteiger charge is 2.30. The van der Waals surface area contributed by atoms with E-state index < -0.39 is 0 Å². The maximum Gasteiger partial charge on any atom is 0.258 e. The molecule has 2 aliphatic rings. The van der Waals surface area contributed by atoms with Gasteiger partial charge in [0.15, 0.2) is 34.5 Å². The average molecular weight is 572 g/mol. The van der Waals surface area contributed by atoms with Crippen molar-refractivity contribution < 1.29 is 33.2 Å². The van der Waals surface area contributed by atoms with Gasteiger partial charge in [-0.15, -0.1) is 6.58 Å². The van der Waals surface area contributed by atoms with E-state index in [0.29, 0.717) is 60.4 Å². The molecular weight excluding hydrogens is 534 g/mol. The lowest BCUT2D eigenvalue weighted by Crippen LogP contribution is -2.31. The van der Waals surface area contributed by atoms with E-state index in [9.17, 15) is 4.79 Å². The second-order valence-electron chi connectivity index (χ2n) is 10.4. The van der Waals surface area contributed by atoms with Gasteiger partial charge in [0.1, 0.15) is 0 Å². The van der Waals surface area contributed by atoms with E-state index in [-0.39, 0.29) is 18.7 Å². The van der Waals surface area contributed by atoms with Crippen molar-refractivity contribution in [3.05, 3.63) is 89.1 Å². The Bertz CT molecular complexity index is 1530. The van der Waals surface area contributed by atoms with Gasteiger partial charge < -0.3 is 33.3 Å². The van der Waals surface area contributed by atoms with E-state index in [1.54, 1.807) is 31.3 Å². The number of fused-ring (bicyclic) bond motifs is 1. The predicted molar refractivity (Wildman–Crippen MR) is 161 cm³/mol. The van der Waals surface area contributed by atoms with Crippen LogP contribution in [0.15, 0.2) is 61.3 Å². The minimum Gasteiger partial charge on any atom is -0.493 e. The van der Waals surface area contributed by atoms with Crippen LogP contribution in [0.5, 0.6) is 34.5 Å². The first-order valence-electron chi connectivity index (χ1n) is 14.0. The SMILES string of the molecule is C=CC1CC(c2ccc3c(c2)OCO3)=CN1C(=O)c1cc(OC)c(OCCCOc2cc(C)c(C)cc2OC)cc1C. The fourth-order valence-electron chi connectivity index (χ4n) is 5.10. The zero-order valence-electron chi connectivity index (χ0n) is 24.8. The van der Waals surface area contributed by atoms with Crippen molar-refractivity contribution in [1.29, 1.82) is 0 Å². The Kier molecular flexibility index (Phi) is 8.61. The normalized spacial score (nSPS) is 15.3. The second kappa shape index (κ2) is 12.5. The first-order chi connectivity index (χ1) is 20.3. The highest BCUT2D eigenvalue weighted by molar-refractivity contribution is 5.99. The summed E-state index contributed by atoms with van der Waals surface area (Å²) in [6, 6.07) is 13.2. The zero-order chi connectivity index (χ0) is 29.8. The van der Waals surface area contributed by atoms with Gasteiger partial charge in [-0.25, -0.2) is 0 Å². The van der Waals surface area contributed by atoms with E-state index >= 15 is 0 Å². The number of amides is 1. The third-order valence-electron chi connectivity index (χ3n) is 7.66. The Morgan fingerprint density at radius 1 is 0.881 bits per heavy atom. The summed E-state index contributed by atoms with van der Waals surface area (Å²) in [5.74, 6) is 3.81. The standard InChI is InChI=1S/C34H37NO7/c1-7-26-16-25(24-9-10-28-33(17-24)42-20-41-28)19-35(26)34(36)27-18-30(38-6)32(15-23(27)4)40-12-8-11-39-31-14-22(3)21(2)13-29(31)37-5/h7,9-10,13-15,17-19,26H,1,8,11-12,16,20H2,2-6H3. The third-order valence-corrected chi connectivity index (χ3v) is 7.66. The maximum absolute atomic E-state index is 13.8. The molecule has 0 fully saturated rings. The van der Waals surface area contributed by atoms with Crippen LogP contribution in [0.3, 0.4) is 0 Å². The Morgan fingerprint density at radius 3 is 2.17 bits per heavy atom. The quantitative estimate of drug-likeness (QED) is 0.188. The summed E-state index contributed by atoms with van der Waals surface area (Å²) < 4.78 is 34.1. The van der Waals surface area contributed by atoms with Gasteiger partial charge in [0.05, 0.1) is 33.5 Å². The van der Waals surface area contributed by atoms with Crippen LogP contribution in [0.2, 0.25) is 0 Å². The highest BCUT2D eigenvalue weighted by atomic mass is 16.7. The van der Waals surface area contributed by atoms with Gasteiger partial charge in [0.2, 0.25) is 6.79 Å². The number of hydrogen-bond donors (Lipinski definition) is 0. The van der Waals surface area contributed by atoms with Crippen molar-refractivity contribution >= 4 is 11.5 Å². The fraction of sp³-hybridized carbons (Fsp3) is 0.324. The topological polar surface area (TPSA) is 75.7 Å². The van der Waals surface area contributed by atoms with Crippen LogP contribution in [0.1, 0.15) is 45.5 Å². The summed E-state index contributed by atoms with van der Waals surface area (Å²) in [6.07, 6.45) is 5.00. The molecule has 5 rings (SSSR count). The molecule has 220 valence electrons. The average Bonchev–Trinajstić information content (AvgIpc) is 3.65. The molecule has 0 saturated carbocycles. The molecule has 2 heterocycles. The van der Waals surface area contributed by atoms with Gasteiger partial charge in [0.25, 0.3) is 5.91 Å². The lowest BCUT2D eigenvalue weighted by Gasteiger charge is -2.22. The van der Waals surface area contributed by atoms with Gasteiger partial charge >= 0.3 is 0 Å². The monoisotopic (exact) mass is 571 g/mol. The van der Waals surface area contributed by atoms with Crippen LogP contribution in [0.25, 0.3) is 5.57 Å². The molecule has 8 heteroatoms. The van der Waals surface area contributed by atoms with Gasteiger partial charge in [-0.1, -0.05) is 12.1 Å². The van der Waals surface area contributed by atoms with E-state index in [2.05, 4.69) is 6.58 Å². The molecule has 1 unspecified atom stereocenters. The molecule has 0 N–H and O–H groups in total. The molecule has 42 heavy (non-hydrogen) atoms. The summed E-state index contributed by atoms with van der Waals surface area (Å²) in [5.41, 5.74) is 5.64. The highest BCUT2D eigenvalue weighted by Crippen LogP contribution is 2.39. The number of carbonyl (C=O) groups is 1. The van der Waals surface area contributed by atoms with E-state index in [1.807, 2.05) is 63.4 Å². The number of carbonyl (C=O) groups excluding carboxylic acids is 1. The summed E-state index contributed by atoms with van der Waals surface area (Å²) in [5, 5.41) is 0. The van der Waals surface area contributed by atoms with Crippen LogP contribution >= 0.6 is 0 Å². The van der Waals surface area contributed by atoms with Crippen molar-refractivity contribution in [2.45, 2.75) is 39.7 Å². The fourth-order valence-corrected chi connectivity index (χ4v) is 5.10. The van der Waals surface area contributed by atoms with E-state index in [0.717, 1.165) is 33.6 Å². The lowest BCUT2D eigenvalue weighted by molar-refractivity contribution is 0.0805. The van der Waals surface area contributed by atoms with Gasteiger partial charge in [-0.3, -0.25) is 4.79 Å². The maximum atomic E-state index is 13.8. The number of rotatable bonds is 11. The Balaban J connectivity index is 1.25. The largest absolute Gasteiger partial charge is 0.493 e. The van der Waals surface area contributed by atoms with Gasteiger partial charge in [-0.2, -0.15) is 0 Å². The Hall–Kier alpha value is -4.59. The summed E-state index contributed by atoms with van der Waals surface area (Å²) in [4.78, 5) is 15.5. The van der Waals surface area contributed by atoms with Gasteiger partial charge in [-0.05, 0) is 91.4 Å². The van der Waals surface area contributed by atoms with E-state index in [4.69, 9.17) is 28.4 Å².